The third-order valence-corrected chi connectivity index (χ3v) is 3.58. The van der Waals surface area contributed by atoms with E-state index in [1.165, 1.54) is 12.1 Å². The molecule has 1 aromatic carbocycles. The van der Waals surface area contributed by atoms with E-state index in [0.29, 0.717) is 16.7 Å². The highest BCUT2D eigenvalue weighted by Crippen LogP contribution is 2.26. The van der Waals surface area contributed by atoms with Gasteiger partial charge < -0.3 is 0 Å². The van der Waals surface area contributed by atoms with Gasteiger partial charge in [0.15, 0.2) is 11.6 Å². The lowest BCUT2D eigenvalue weighted by atomic mass is 9.87. The predicted molar refractivity (Wildman–Crippen MR) is 66.8 cm³/mol. The van der Waals surface area contributed by atoms with Gasteiger partial charge in [-0.2, -0.15) is 0 Å². The minimum Gasteiger partial charge on any atom is -0.204 e. The van der Waals surface area contributed by atoms with Crippen molar-refractivity contribution in [1.29, 1.82) is 0 Å². The van der Waals surface area contributed by atoms with Gasteiger partial charge in [0.25, 0.3) is 0 Å². The van der Waals surface area contributed by atoms with Gasteiger partial charge in [0.05, 0.1) is 0 Å². The Morgan fingerprint density at radius 2 is 1.75 bits per heavy atom. The highest BCUT2D eigenvalue weighted by molar-refractivity contribution is 9.09. The average Bonchev–Trinajstić information content (AvgIpc) is 2.18. The van der Waals surface area contributed by atoms with Crippen LogP contribution in [0.3, 0.4) is 0 Å². The summed E-state index contributed by atoms with van der Waals surface area (Å²) >= 11 is 3.56. The number of halogens is 3. The molecule has 3 heteroatoms. The molecule has 0 aliphatic carbocycles. The van der Waals surface area contributed by atoms with Crippen molar-refractivity contribution in [2.24, 2.45) is 11.8 Å². The molecule has 0 N–H and O–H groups in total. The molecule has 0 saturated heterocycles. The fourth-order valence-electron chi connectivity index (χ4n) is 1.87. The Balaban J connectivity index is 2.81. The maximum Gasteiger partial charge on any atom is 0.159 e. The van der Waals surface area contributed by atoms with Crippen molar-refractivity contribution in [3.63, 3.8) is 0 Å². The molecule has 0 radical (unpaired) electrons. The predicted octanol–water partition coefficient (Wildman–Crippen LogP) is 4.56. The Hall–Kier alpha value is -0.440. The number of benzene rings is 1. The highest BCUT2D eigenvalue weighted by atomic mass is 79.9. The summed E-state index contributed by atoms with van der Waals surface area (Å²) in [6, 6.07) is 4.14. The molecule has 1 aromatic rings. The second kappa shape index (κ2) is 5.76. The molecule has 0 nitrogen and oxygen atoms in total. The Morgan fingerprint density at radius 3 is 2.19 bits per heavy atom. The van der Waals surface area contributed by atoms with Gasteiger partial charge in [0.1, 0.15) is 0 Å². The zero-order chi connectivity index (χ0) is 12.3. The number of rotatable bonds is 4. The van der Waals surface area contributed by atoms with Crippen LogP contribution in [0.2, 0.25) is 0 Å². The van der Waals surface area contributed by atoms with Crippen molar-refractivity contribution < 1.29 is 8.78 Å². The van der Waals surface area contributed by atoms with E-state index in [1.807, 2.05) is 0 Å². The standard InChI is InChI=1S/C13H17BrF2/c1-8(2)11(9(3)14)6-10-4-5-12(15)13(16)7-10/h4-5,7-9,11H,6H2,1-3H3. The van der Waals surface area contributed by atoms with Crippen LogP contribution in [0.1, 0.15) is 26.3 Å². The van der Waals surface area contributed by atoms with Gasteiger partial charge in [-0.3, -0.25) is 0 Å². The summed E-state index contributed by atoms with van der Waals surface area (Å²) in [5.74, 6) is -0.619. The fraction of sp³-hybridized carbons (Fsp3) is 0.538. The zero-order valence-corrected chi connectivity index (χ0v) is 11.4. The summed E-state index contributed by atoms with van der Waals surface area (Å²) in [5.41, 5.74) is 0.851. The minimum atomic E-state index is -0.781. The van der Waals surface area contributed by atoms with Gasteiger partial charge in [0, 0.05) is 4.83 Å². The topological polar surface area (TPSA) is 0 Å². The largest absolute Gasteiger partial charge is 0.204 e. The van der Waals surface area contributed by atoms with Crippen molar-refractivity contribution in [2.45, 2.75) is 32.0 Å². The minimum absolute atomic E-state index is 0.362. The highest BCUT2D eigenvalue weighted by Gasteiger charge is 2.19. The van der Waals surface area contributed by atoms with Crippen LogP contribution in [0, 0.1) is 23.5 Å². The lowest BCUT2D eigenvalue weighted by Crippen LogP contribution is -2.20. The Morgan fingerprint density at radius 1 is 1.12 bits per heavy atom. The van der Waals surface area contributed by atoms with E-state index in [-0.39, 0.29) is 0 Å². The first-order chi connectivity index (χ1) is 7.41. The molecule has 90 valence electrons. The maximum atomic E-state index is 13.0. The van der Waals surface area contributed by atoms with Crippen LogP contribution in [0.4, 0.5) is 8.78 Å². The maximum absolute atomic E-state index is 13.0. The van der Waals surface area contributed by atoms with E-state index in [0.717, 1.165) is 12.0 Å². The van der Waals surface area contributed by atoms with Crippen LogP contribution in [0.5, 0.6) is 0 Å². The lowest BCUT2D eigenvalue weighted by Gasteiger charge is -2.23. The third-order valence-electron chi connectivity index (χ3n) is 2.90. The summed E-state index contributed by atoms with van der Waals surface area (Å²) in [5, 5.41) is 0. The molecule has 2 atom stereocenters. The second-order valence-electron chi connectivity index (χ2n) is 4.54. The first-order valence-electron chi connectivity index (χ1n) is 5.49. The van der Waals surface area contributed by atoms with Crippen LogP contribution >= 0.6 is 15.9 Å². The van der Waals surface area contributed by atoms with Crippen molar-refractivity contribution in [1.82, 2.24) is 0 Å². The van der Waals surface area contributed by atoms with Crippen molar-refractivity contribution in [3.8, 4) is 0 Å². The molecular formula is C13H17BrF2. The van der Waals surface area contributed by atoms with E-state index < -0.39 is 11.6 Å². The first-order valence-corrected chi connectivity index (χ1v) is 6.41. The molecule has 0 spiro atoms. The second-order valence-corrected chi connectivity index (χ2v) is 5.98. The van der Waals surface area contributed by atoms with Crippen molar-refractivity contribution in [2.75, 3.05) is 0 Å². The summed E-state index contributed by atoms with van der Waals surface area (Å²) < 4.78 is 25.8. The summed E-state index contributed by atoms with van der Waals surface area (Å²) in [4.78, 5) is 0.362. The summed E-state index contributed by atoms with van der Waals surface area (Å²) in [6.45, 7) is 6.37. The van der Waals surface area contributed by atoms with Gasteiger partial charge >= 0.3 is 0 Å². The quantitative estimate of drug-likeness (QED) is 0.713. The molecule has 2 unspecified atom stereocenters. The zero-order valence-electron chi connectivity index (χ0n) is 9.81. The van der Waals surface area contributed by atoms with Gasteiger partial charge in [-0.1, -0.05) is 42.8 Å². The summed E-state index contributed by atoms with van der Waals surface area (Å²) in [6.07, 6.45) is 0.765. The van der Waals surface area contributed by atoms with Gasteiger partial charge in [0.2, 0.25) is 0 Å². The van der Waals surface area contributed by atoms with Gasteiger partial charge in [-0.25, -0.2) is 8.78 Å². The van der Waals surface area contributed by atoms with Crippen LogP contribution in [0.15, 0.2) is 18.2 Å². The SMILES string of the molecule is CC(C)C(Cc1ccc(F)c(F)c1)C(C)Br. The average molecular weight is 291 g/mol. The van der Waals surface area contributed by atoms with Crippen LogP contribution in [-0.2, 0) is 6.42 Å². The Kier molecular flexibility index (Phi) is 4.90. The van der Waals surface area contributed by atoms with Crippen molar-refractivity contribution in [3.05, 3.63) is 35.4 Å². The number of hydrogen-bond acceptors (Lipinski definition) is 0. The van der Waals surface area contributed by atoms with E-state index in [4.69, 9.17) is 0 Å². The van der Waals surface area contributed by atoms with Crippen LogP contribution in [0.25, 0.3) is 0 Å². The summed E-state index contributed by atoms with van der Waals surface area (Å²) in [7, 11) is 0. The first kappa shape index (κ1) is 13.6. The smallest absolute Gasteiger partial charge is 0.159 e. The molecule has 16 heavy (non-hydrogen) atoms. The normalized spacial score (nSPS) is 15.2. The molecule has 0 saturated carbocycles. The molecule has 0 heterocycles. The molecular weight excluding hydrogens is 274 g/mol. The Bertz CT molecular complexity index is 340. The molecule has 0 aliphatic rings. The van der Waals surface area contributed by atoms with Crippen LogP contribution < -0.4 is 0 Å². The van der Waals surface area contributed by atoms with E-state index in [9.17, 15) is 8.78 Å². The molecule has 0 aromatic heterocycles. The van der Waals surface area contributed by atoms with E-state index >= 15 is 0 Å². The van der Waals surface area contributed by atoms with E-state index in [1.54, 1.807) is 6.07 Å². The lowest BCUT2D eigenvalue weighted by molar-refractivity contribution is 0.382. The van der Waals surface area contributed by atoms with Crippen LogP contribution in [-0.4, -0.2) is 4.83 Å². The monoisotopic (exact) mass is 290 g/mol. The third kappa shape index (κ3) is 3.55. The van der Waals surface area contributed by atoms with E-state index in [2.05, 4.69) is 36.7 Å². The number of hydrogen-bond donors (Lipinski definition) is 0. The van der Waals surface area contributed by atoms with Gasteiger partial charge in [-0.05, 0) is 36.0 Å². The molecule has 0 aliphatic heterocycles. The molecule has 0 bridgehead atoms. The fourth-order valence-corrected chi connectivity index (χ4v) is 2.66. The van der Waals surface area contributed by atoms with Crippen molar-refractivity contribution >= 4 is 15.9 Å². The Labute approximate surface area is 104 Å². The molecule has 1 rings (SSSR count). The molecule has 0 amide bonds. The number of alkyl halides is 1. The molecule has 0 fully saturated rings. The van der Waals surface area contributed by atoms with Gasteiger partial charge in [-0.15, -0.1) is 0 Å².